The van der Waals surface area contributed by atoms with Crippen LogP contribution in [0, 0.1) is 17.0 Å². The van der Waals surface area contributed by atoms with Gasteiger partial charge in [0.1, 0.15) is 5.82 Å². The van der Waals surface area contributed by atoms with E-state index in [1.165, 1.54) is 6.92 Å². The topological polar surface area (TPSA) is 141 Å². The standard InChI is InChI=1S/C20H22F2N2O7S/c1-4-24(5-2)32(30,31)23-14-7-6-13(21)15(16(14)22)17(25)20(19(28)29)9-11(3)8-12(10-20)18(26)27/h6-9,23H,4-5,10H2,1-3H3,(H,26,27)(H,28,29). The van der Waals surface area contributed by atoms with Crippen molar-refractivity contribution in [1.29, 1.82) is 0 Å². The first-order chi connectivity index (χ1) is 14.8. The number of carbonyl (C=O) groups excluding carboxylic acids is 1. The molecule has 1 aromatic carbocycles. The van der Waals surface area contributed by atoms with Gasteiger partial charge in [-0.25, -0.2) is 13.6 Å². The molecule has 1 atom stereocenters. The molecule has 1 aromatic rings. The number of hydrogen-bond donors (Lipinski definition) is 3. The fourth-order valence-corrected chi connectivity index (χ4v) is 4.70. The van der Waals surface area contributed by atoms with E-state index in [-0.39, 0.29) is 18.7 Å². The molecular formula is C20H22F2N2O7S. The van der Waals surface area contributed by atoms with Crippen LogP contribution in [0.4, 0.5) is 14.5 Å². The van der Waals surface area contributed by atoms with Gasteiger partial charge >= 0.3 is 22.1 Å². The van der Waals surface area contributed by atoms with E-state index >= 15 is 4.39 Å². The number of hydrogen-bond acceptors (Lipinski definition) is 5. The summed E-state index contributed by atoms with van der Waals surface area (Å²) in [7, 11) is -4.24. The number of nitrogens with one attached hydrogen (secondary N) is 1. The summed E-state index contributed by atoms with van der Waals surface area (Å²) >= 11 is 0. The summed E-state index contributed by atoms with van der Waals surface area (Å²) in [5.41, 5.74) is -4.97. The highest BCUT2D eigenvalue weighted by Crippen LogP contribution is 2.40. The zero-order chi connectivity index (χ0) is 24.4. The summed E-state index contributed by atoms with van der Waals surface area (Å²) in [5, 5.41) is 19.0. The fraction of sp³-hybridized carbons (Fsp3) is 0.350. The van der Waals surface area contributed by atoms with Gasteiger partial charge in [0.25, 0.3) is 0 Å². The first-order valence-corrected chi connectivity index (χ1v) is 10.9. The van der Waals surface area contributed by atoms with Gasteiger partial charge < -0.3 is 10.2 Å². The van der Waals surface area contributed by atoms with Crippen LogP contribution in [0.5, 0.6) is 0 Å². The van der Waals surface area contributed by atoms with Gasteiger partial charge in [0.2, 0.25) is 0 Å². The van der Waals surface area contributed by atoms with Crippen LogP contribution in [0.2, 0.25) is 0 Å². The van der Waals surface area contributed by atoms with Crippen LogP contribution in [0.1, 0.15) is 37.6 Å². The molecule has 0 bridgehead atoms. The lowest BCUT2D eigenvalue weighted by atomic mass is 9.71. The summed E-state index contributed by atoms with van der Waals surface area (Å²) < 4.78 is 57.4. The maximum atomic E-state index is 15.2. The molecule has 0 spiro atoms. The van der Waals surface area contributed by atoms with Crippen LogP contribution >= 0.6 is 0 Å². The van der Waals surface area contributed by atoms with Gasteiger partial charge in [0.15, 0.2) is 17.0 Å². The van der Waals surface area contributed by atoms with Gasteiger partial charge in [-0.15, -0.1) is 0 Å². The number of benzene rings is 1. The normalized spacial score (nSPS) is 18.7. The number of ketones is 1. The highest BCUT2D eigenvalue weighted by Gasteiger charge is 2.49. The first kappa shape index (κ1) is 25.1. The minimum atomic E-state index is -4.24. The summed E-state index contributed by atoms with van der Waals surface area (Å²) in [6, 6.07) is 1.39. The zero-order valence-electron chi connectivity index (χ0n) is 17.5. The number of carboxylic acid groups (broad SMARTS) is 2. The maximum absolute atomic E-state index is 15.2. The molecule has 1 aliphatic rings. The van der Waals surface area contributed by atoms with Crippen molar-refractivity contribution in [2.24, 2.45) is 5.41 Å². The Morgan fingerprint density at radius 3 is 2.25 bits per heavy atom. The molecule has 1 unspecified atom stereocenters. The number of rotatable bonds is 9. The average molecular weight is 472 g/mol. The maximum Gasteiger partial charge on any atom is 0.331 e. The van der Waals surface area contributed by atoms with Crippen LogP contribution in [-0.4, -0.2) is 53.7 Å². The van der Waals surface area contributed by atoms with Crippen LogP contribution in [0.15, 0.2) is 35.4 Å². The molecule has 0 aromatic heterocycles. The number of aliphatic carboxylic acids is 2. The predicted molar refractivity (Wildman–Crippen MR) is 110 cm³/mol. The van der Waals surface area contributed by atoms with Gasteiger partial charge in [0.05, 0.1) is 11.3 Å². The SMILES string of the molecule is CCN(CC)S(=O)(=O)Nc1ccc(F)c(C(=O)C2(C(=O)O)C=C(C)C=C(C(=O)O)C2)c1F. The second-order valence-electron chi connectivity index (χ2n) is 7.12. The molecule has 174 valence electrons. The minimum Gasteiger partial charge on any atom is -0.480 e. The molecule has 0 saturated heterocycles. The van der Waals surface area contributed by atoms with Gasteiger partial charge in [0, 0.05) is 25.1 Å². The number of carbonyl (C=O) groups is 3. The molecule has 0 aliphatic heterocycles. The van der Waals surface area contributed by atoms with Gasteiger partial charge in [-0.1, -0.05) is 25.5 Å². The third-order valence-electron chi connectivity index (χ3n) is 5.01. The fourth-order valence-electron chi connectivity index (χ4n) is 3.45. The Morgan fingerprint density at radius 1 is 1.16 bits per heavy atom. The van der Waals surface area contributed by atoms with Crippen molar-refractivity contribution >= 4 is 33.6 Å². The Bertz CT molecular complexity index is 1140. The first-order valence-electron chi connectivity index (χ1n) is 9.48. The largest absolute Gasteiger partial charge is 0.480 e. The van der Waals surface area contributed by atoms with Gasteiger partial charge in [-0.2, -0.15) is 12.7 Å². The van der Waals surface area contributed by atoms with Crippen molar-refractivity contribution in [1.82, 2.24) is 4.31 Å². The van der Waals surface area contributed by atoms with Crippen LogP contribution in [-0.2, 0) is 19.8 Å². The number of nitrogens with zero attached hydrogens (tertiary/aromatic N) is 1. The predicted octanol–water partition coefficient (Wildman–Crippen LogP) is 2.58. The number of allylic oxidation sites excluding steroid dienone is 2. The zero-order valence-corrected chi connectivity index (χ0v) is 18.3. The van der Waals surface area contributed by atoms with Crippen LogP contribution in [0.3, 0.4) is 0 Å². The van der Waals surface area contributed by atoms with E-state index in [4.69, 9.17) is 0 Å². The lowest BCUT2D eigenvalue weighted by molar-refractivity contribution is -0.143. The number of carboxylic acids is 2. The Labute approximate surface area is 183 Å². The monoisotopic (exact) mass is 472 g/mol. The minimum absolute atomic E-state index is 0.0525. The van der Waals surface area contributed by atoms with Crippen LogP contribution < -0.4 is 4.72 Å². The lowest BCUT2D eigenvalue weighted by Crippen LogP contribution is -2.41. The van der Waals surface area contributed by atoms with Crippen molar-refractivity contribution in [3.05, 3.63) is 52.6 Å². The second-order valence-corrected chi connectivity index (χ2v) is 8.79. The molecular weight excluding hydrogens is 450 g/mol. The van der Waals surface area contributed by atoms with Gasteiger partial charge in [-0.3, -0.25) is 14.3 Å². The second kappa shape index (κ2) is 9.17. The van der Waals surface area contributed by atoms with Crippen molar-refractivity contribution in [3.8, 4) is 0 Å². The van der Waals surface area contributed by atoms with Crippen molar-refractivity contribution in [2.45, 2.75) is 27.2 Å². The Hall–Kier alpha value is -3.12. The van der Waals surface area contributed by atoms with E-state index < -0.39 is 68.2 Å². The molecule has 0 fully saturated rings. The molecule has 3 N–H and O–H groups in total. The van der Waals surface area contributed by atoms with E-state index in [2.05, 4.69) is 0 Å². The highest BCUT2D eigenvalue weighted by molar-refractivity contribution is 7.90. The Balaban J connectivity index is 2.63. The summed E-state index contributed by atoms with van der Waals surface area (Å²) in [6.45, 7) is 4.53. The van der Waals surface area contributed by atoms with E-state index in [1.54, 1.807) is 13.8 Å². The van der Waals surface area contributed by atoms with Crippen molar-refractivity contribution in [2.75, 3.05) is 17.8 Å². The molecule has 0 radical (unpaired) electrons. The highest BCUT2D eigenvalue weighted by atomic mass is 32.2. The van der Waals surface area contributed by atoms with Crippen molar-refractivity contribution < 1.29 is 41.8 Å². The summed E-state index contributed by atoms with van der Waals surface area (Å²) in [5.74, 6) is -7.87. The number of halogens is 2. The van der Waals surface area contributed by atoms with E-state index in [1.807, 2.05) is 4.72 Å². The molecule has 12 heteroatoms. The Morgan fingerprint density at radius 2 is 1.75 bits per heavy atom. The molecule has 0 saturated carbocycles. The number of anilines is 1. The third kappa shape index (κ3) is 4.55. The number of Topliss-reactive ketones (excluding diaryl/α,β-unsaturated/α-hetero) is 1. The average Bonchev–Trinajstić information content (AvgIpc) is 2.70. The van der Waals surface area contributed by atoms with E-state index in [9.17, 15) is 37.4 Å². The lowest BCUT2D eigenvalue weighted by Gasteiger charge is -2.29. The molecule has 32 heavy (non-hydrogen) atoms. The van der Waals surface area contributed by atoms with E-state index in [0.717, 1.165) is 22.5 Å². The molecule has 2 rings (SSSR count). The molecule has 0 heterocycles. The Kier molecular flexibility index (Phi) is 7.20. The molecule has 0 amide bonds. The molecule has 9 nitrogen and oxygen atoms in total. The quantitative estimate of drug-likeness (QED) is 0.370. The smallest absolute Gasteiger partial charge is 0.331 e. The third-order valence-corrected chi connectivity index (χ3v) is 6.68. The summed E-state index contributed by atoms with van der Waals surface area (Å²) in [4.78, 5) is 36.6. The summed E-state index contributed by atoms with van der Waals surface area (Å²) in [6.07, 6.45) is 1.23. The van der Waals surface area contributed by atoms with Crippen molar-refractivity contribution in [3.63, 3.8) is 0 Å². The van der Waals surface area contributed by atoms with Crippen LogP contribution in [0.25, 0.3) is 0 Å². The molecule has 1 aliphatic carbocycles. The van der Waals surface area contributed by atoms with E-state index in [0.29, 0.717) is 6.07 Å². The van der Waals surface area contributed by atoms with Gasteiger partial charge in [-0.05, 0) is 25.1 Å².